The number of hydrogen-bond donors (Lipinski definition) is 0. The van der Waals surface area contributed by atoms with E-state index in [0.717, 1.165) is 5.56 Å². The highest BCUT2D eigenvalue weighted by Crippen LogP contribution is 2.16. The van der Waals surface area contributed by atoms with E-state index in [1.807, 2.05) is 37.3 Å². The highest BCUT2D eigenvalue weighted by Gasteiger charge is 2.17. The summed E-state index contributed by atoms with van der Waals surface area (Å²) in [5.74, 6) is 2.38. The van der Waals surface area contributed by atoms with Gasteiger partial charge in [-0.05, 0) is 12.5 Å². The van der Waals surface area contributed by atoms with Crippen LogP contribution in [0.1, 0.15) is 18.4 Å². The van der Waals surface area contributed by atoms with Crippen molar-refractivity contribution in [2.24, 2.45) is 0 Å². The fraction of sp³-hybridized carbons (Fsp3) is 0.308. The SMILES string of the molecule is C#CCN(C)C(=O)C(C)c1ccccc1. The fourth-order valence-corrected chi connectivity index (χ4v) is 1.43. The van der Waals surface area contributed by atoms with Gasteiger partial charge in [0.05, 0.1) is 12.5 Å². The highest BCUT2D eigenvalue weighted by molar-refractivity contribution is 5.83. The second-order valence-corrected chi connectivity index (χ2v) is 3.53. The maximum absolute atomic E-state index is 11.9. The van der Waals surface area contributed by atoms with E-state index in [1.165, 1.54) is 0 Å². The largest absolute Gasteiger partial charge is 0.334 e. The first-order chi connectivity index (χ1) is 7.16. The van der Waals surface area contributed by atoms with Crippen molar-refractivity contribution in [3.63, 3.8) is 0 Å². The Balaban J connectivity index is 2.74. The molecule has 15 heavy (non-hydrogen) atoms. The second kappa shape index (κ2) is 5.21. The minimum atomic E-state index is -0.135. The molecule has 0 saturated heterocycles. The molecule has 0 spiro atoms. The van der Waals surface area contributed by atoms with E-state index >= 15 is 0 Å². The summed E-state index contributed by atoms with van der Waals surface area (Å²) in [5.41, 5.74) is 1.02. The molecule has 0 aliphatic rings. The van der Waals surface area contributed by atoms with Crippen LogP contribution < -0.4 is 0 Å². The van der Waals surface area contributed by atoms with E-state index < -0.39 is 0 Å². The topological polar surface area (TPSA) is 20.3 Å². The smallest absolute Gasteiger partial charge is 0.230 e. The normalized spacial score (nSPS) is 11.5. The van der Waals surface area contributed by atoms with Crippen molar-refractivity contribution in [2.45, 2.75) is 12.8 Å². The molecule has 0 heterocycles. The summed E-state index contributed by atoms with van der Waals surface area (Å²) in [6.07, 6.45) is 5.16. The zero-order valence-corrected chi connectivity index (χ0v) is 9.10. The maximum Gasteiger partial charge on any atom is 0.230 e. The fourth-order valence-electron chi connectivity index (χ4n) is 1.43. The van der Waals surface area contributed by atoms with Crippen molar-refractivity contribution >= 4 is 5.91 Å². The van der Waals surface area contributed by atoms with Gasteiger partial charge in [-0.2, -0.15) is 0 Å². The molecule has 78 valence electrons. The van der Waals surface area contributed by atoms with Crippen LogP contribution in [0.2, 0.25) is 0 Å². The molecule has 0 aliphatic heterocycles. The first kappa shape index (κ1) is 11.3. The summed E-state index contributed by atoms with van der Waals surface area (Å²) in [6, 6.07) is 9.70. The summed E-state index contributed by atoms with van der Waals surface area (Å²) < 4.78 is 0. The van der Waals surface area contributed by atoms with Gasteiger partial charge in [0.25, 0.3) is 0 Å². The van der Waals surface area contributed by atoms with E-state index in [2.05, 4.69) is 5.92 Å². The molecule has 0 aromatic heterocycles. The van der Waals surface area contributed by atoms with Gasteiger partial charge >= 0.3 is 0 Å². The van der Waals surface area contributed by atoms with E-state index in [-0.39, 0.29) is 11.8 Å². The van der Waals surface area contributed by atoms with Crippen LogP contribution in [-0.4, -0.2) is 24.4 Å². The van der Waals surface area contributed by atoms with Crippen LogP contribution in [0.25, 0.3) is 0 Å². The standard InChI is InChI=1S/C13H15NO/c1-4-10-14(3)13(15)11(2)12-8-6-5-7-9-12/h1,5-9,11H,10H2,2-3H3. The van der Waals surface area contributed by atoms with Gasteiger partial charge < -0.3 is 4.90 Å². The summed E-state index contributed by atoms with van der Waals surface area (Å²) in [7, 11) is 1.72. The molecule has 1 amide bonds. The lowest BCUT2D eigenvalue weighted by Gasteiger charge is -2.19. The average Bonchev–Trinajstić information content (AvgIpc) is 2.28. The summed E-state index contributed by atoms with van der Waals surface area (Å²) in [5, 5.41) is 0. The van der Waals surface area contributed by atoms with E-state index in [4.69, 9.17) is 6.42 Å². The number of carbonyl (C=O) groups excluding carboxylic acids is 1. The van der Waals surface area contributed by atoms with Gasteiger partial charge in [-0.25, -0.2) is 0 Å². The Kier molecular flexibility index (Phi) is 3.93. The van der Waals surface area contributed by atoms with Gasteiger partial charge in [-0.1, -0.05) is 36.3 Å². The van der Waals surface area contributed by atoms with E-state index in [9.17, 15) is 4.79 Å². The average molecular weight is 201 g/mol. The van der Waals surface area contributed by atoms with Crippen LogP contribution in [0.5, 0.6) is 0 Å². The summed E-state index contributed by atoms with van der Waals surface area (Å²) in [4.78, 5) is 13.4. The number of likely N-dealkylation sites (N-methyl/N-ethyl adjacent to an activating group) is 1. The molecule has 1 aromatic carbocycles. The van der Waals surface area contributed by atoms with Gasteiger partial charge in [0.1, 0.15) is 0 Å². The van der Waals surface area contributed by atoms with Crippen molar-refractivity contribution in [2.75, 3.05) is 13.6 Å². The molecule has 1 unspecified atom stereocenters. The number of hydrogen-bond acceptors (Lipinski definition) is 1. The molecule has 0 saturated carbocycles. The molecule has 2 nitrogen and oxygen atoms in total. The zero-order valence-electron chi connectivity index (χ0n) is 9.10. The van der Waals surface area contributed by atoms with Crippen molar-refractivity contribution < 1.29 is 4.79 Å². The minimum Gasteiger partial charge on any atom is -0.334 e. The van der Waals surface area contributed by atoms with Gasteiger partial charge in [0.15, 0.2) is 0 Å². The minimum absolute atomic E-state index is 0.0548. The Morgan fingerprint density at radius 3 is 2.60 bits per heavy atom. The van der Waals surface area contributed by atoms with Crippen molar-refractivity contribution in [1.29, 1.82) is 0 Å². The Hall–Kier alpha value is -1.75. The van der Waals surface area contributed by atoms with Crippen LogP contribution in [0.3, 0.4) is 0 Å². The Morgan fingerprint density at radius 2 is 2.07 bits per heavy atom. The highest BCUT2D eigenvalue weighted by atomic mass is 16.2. The Labute approximate surface area is 90.9 Å². The van der Waals surface area contributed by atoms with Crippen LogP contribution in [-0.2, 0) is 4.79 Å². The van der Waals surface area contributed by atoms with Crippen molar-refractivity contribution in [3.8, 4) is 12.3 Å². The third-order valence-corrected chi connectivity index (χ3v) is 2.37. The predicted molar refractivity (Wildman–Crippen MR) is 61.3 cm³/mol. The molecule has 1 atom stereocenters. The van der Waals surface area contributed by atoms with Crippen LogP contribution in [0, 0.1) is 12.3 Å². The Morgan fingerprint density at radius 1 is 1.47 bits per heavy atom. The first-order valence-corrected chi connectivity index (χ1v) is 4.90. The van der Waals surface area contributed by atoms with Gasteiger partial charge in [-0.15, -0.1) is 6.42 Å². The van der Waals surface area contributed by atoms with E-state index in [1.54, 1.807) is 11.9 Å². The molecule has 0 radical (unpaired) electrons. The number of nitrogens with zero attached hydrogens (tertiary/aromatic N) is 1. The lowest BCUT2D eigenvalue weighted by atomic mass is 10.00. The first-order valence-electron chi connectivity index (χ1n) is 4.90. The van der Waals surface area contributed by atoms with Crippen molar-refractivity contribution in [3.05, 3.63) is 35.9 Å². The molecule has 0 bridgehead atoms. The van der Waals surface area contributed by atoms with Crippen LogP contribution >= 0.6 is 0 Å². The number of benzene rings is 1. The molecule has 0 fully saturated rings. The number of amides is 1. The van der Waals surface area contributed by atoms with Crippen molar-refractivity contribution in [1.82, 2.24) is 4.90 Å². The molecule has 0 N–H and O–H groups in total. The van der Waals surface area contributed by atoms with Gasteiger partial charge in [0.2, 0.25) is 5.91 Å². The number of rotatable bonds is 3. The van der Waals surface area contributed by atoms with Gasteiger partial charge in [-0.3, -0.25) is 4.79 Å². The van der Waals surface area contributed by atoms with E-state index in [0.29, 0.717) is 6.54 Å². The summed E-state index contributed by atoms with van der Waals surface area (Å²) in [6.45, 7) is 2.25. The molecule has 1 aromatic rings. The summed E-state index contributed by atoms with van der Waals surface area (Å²) >= 11 is 0. The van der Waals surface area contributed by atoms with Gasteiger partial charge in [0, 0.05) is 7.05 Å². The molecular formula is C13H15NO. The zero-order chi connectivity index (χ0) is 11.3. The monoisotopic (exact) mass is 201 g/mol. The molecule has 1 rings (SSSR count). The molecule has 0 aliphatic carbocycles. The maximum atomic E-state index is 11.9. The lowest BCUT2D eigenvalue weighted by Crippen LogP contribution is -2.30. The lowest BCUT2D eigenvalue weighted by molar-refractivity contribution is -0.130. The number of terminal acetylenes is 1. The predicted octanol–water partition coefficient (Wildman–Crippen LogP) is 1.88. The van der Waals surface area contributed by atoms with Crippen LogP contribution in [0.4, 0.5) is 0 Å². The number of carbonyl (C=O) groups is 1. The third kappa shape index (κ3) is 2.85. The molecular weight excluding hydrogens is 186 g/mol. The quantitative estimate of drug-likeness (QED) is 0.684. The second-order valence-electron chi connectivity index (χ2n) is 3.53. The van der Waals surface area contributed by atoms with Crippen LogP contribution in [0.15, 0.2) is 30.3 Å². The third-order valence-electron chi connectivity index (χ3n) is 2.37. The molecule has 2 heteroatoms. The Bertz CT molecular complexity index is 364.